The van der Waals surface area contributed by atoms with Crippen molar-refractivity contribution in [3.63, 3.8) is 0 Å². The average Bonchev–Trinajstić information content (AvgIpc) is 3.13. The lowest BCUT2D eigenvalue weighted by Crippen LogP contribution is -2.25. The maximum Gasteiger partial charge on any atom is 0.263 e. The SMILES string of the molecule is CCC(C)Nc1sc(C(=O)NC2CC2)c(N)c1C#N. The Hall–Kier alpha value is -1.74. The second-order valence-electron chi connectivity index (χ2n) is 4.86. The van der Waals surface area contributed by atoms with Gasteiger partial charge in [-0.3, -0.25) is 4.79 Å². The van der Waals surface area contributed by atoms with Crippen molar-refractivity contribution in [2.24, 2.45) is 0 Å². The number of anilines is 2. The quantitative estimate of drug-likeness (QED) is 0.770. The Morgan fingerprint density at radius 2 is 2.32 bits per heavy atom. The molecular weight excluding hydrogens is 260 g/mol. The molecule has 0 bridgehead atoms. The predicted octanol–water partition coefficient (Wildman–Crippen LogP) is 2.30. The van der Waals surface area contributed by atoms with E-state index in [0.29, 0.717) is 15.4 Å². The van der Waals surface area contributed by atoms with E-state index in [-0.39, 0.29) is 23.7 Å². The van der Waals surface area contributed by atoms with Crippen molar-refractivity contribution in [1.82, 2.24) is 5.32 Å². The molecule has 1 aliphatic carbocycles. The van der Waals surface area contributed by atoms with E-state index in [1.807, 2.05) is 6.92 Å². The number of thiophene rings is 1. The van der Waals surface area contributed by atoms with Crippen LogP contribution in [0.5, 0.6) is 0 Å². The van der Waals surface area contributed by atoms with E-state index in [9.17, 15) is 10.1 Å². The molecule has 0 spiro atoms. The maximum absolute atomic E-state index is 12.0. The minimum absolute atomic E-state index is 0.168. The number of nitrogens with zero attached hydrogens (tertiary/aromatic N) is 1. The molecule has 4 N–H and O–H groups in total. The highest BCUT2D eigenvalue weighted by molar-refractivity contribution is 7.19. The molecule has 0 aromatic carbocycles. The summed E-state index contributed by atoms with van der Waals surface area (Å²) in [5.41, 5.74) is 6.59. The van der Waals surface area contributed by atoms with Crippen molar-refractivity contribution < 1.29 is 4.79 Å². The molecule has 1 atom stereocenters. The van der Waals surface area contributed by atoms with Gasteiger partial charge in [0.1, 0.15) is 21.5 Å². The van der Waals surface area contributed by atoms with Crippen molar-refractivity contribution in [1.29, 1.82) is 5.26 Å². The fourth-order valence-corrected chi connectivity index (χ4v) is 2.72. The standard InChI is InChI=1S/C13H18N4OS/c1-3-7(2)16-13-9(6-14)10(15)11(19-13)12(18)17-8-4-5-8/h7-8,16H,3-5,15H2,1-2H3,(H,17,18). The van der Waals surface area contributed by atoms with E-state index in [0.717, 1.165) is 19.3 Å². The van der Waals surface area contributed by atoms with Crippen LogP contribution >= 0.6 is 11.3 Å². The number of nitrogens with one attached hydrogen (secondary N) is 2. The lowest BCUT2D eigenvalue weighted by molar-refractivity contribution is 0.0956. The van der Waals surface area contributed by atoms with Crippen LogP contribution < -0.4 is 16.4 Å². The van der Waals surface area contributed by atoms with E-state index < -0.39 is 0 Å². The van der Waals surface area contributed by atoms with Crippen molar-refractivity contribution in [2.45, 2.75) is 45.2 Å². The van der Waals surface area contributed by atoms with Crippen molar-refractivity contribution >= 4 is 27.9 Å². The fraction of sp³-hybridized carbons (Fsp3) is 0.538. The third-order valence-electron chi connectivity index (χ3n) is 3.17. The third-order valence-corrected chi connectivity index (χ3v) is 4.30. The van der Waals surface area contributed by atoms with Crippen molar-refractivity contribution in [3.05, 3.63) is 10.4 Å². The largest absolute Gasteiger partial charge is 0.396 e. The molecule has 1 aromatic heterocycles. The van der Waals surface area contributed by atoms with Crippen LogP contribution in [0.3, 0.4) is 0 Å². The summed E-state index contributed by atoms with van der Waals surface area (Å²) < 4.78 is 0. The molecule has 1 fully saturated rings. The molecule has 1 saturated carbocycles. The number of rotatable bonds is 5. The molecule has 1 unspecified atom stereocenters. The van der Waals surface area contributed by atoms with Crippen LogP contribution in [0.2, 0.25) is 0 Å². The van der Waals surface area contributed by atoms with Gasteiger partial charge in [-0.1, -0.05) is 6.92 Å². The zero-order chi connectivity index (χ0) is 14.0. The van der Waals surface area contributed by atoms with Gasteiger partial charge in [0.2, 0.25) is 0 Å². The lowest BCUT2D eigenvalue weighted by atomic mass is 10.2. The Morgan fingerprint density at radius 1 is 1.63 bits per heavy atom. The molecule has 0 radical (unpaired) electrons. The minimum atomic E-state index is -0.168. The highest BCUT2D eigenvalue weighted by Gasteiger charge is 2.27. The molecule has 0 aliphatic heterocycles. The fourth-order valence-electron chi connectivity index (χ4n) is 1.63. The third kappa shape index (κ3) is 2.99. The summed E-state index contributed by atoms with van der Waals surface area (Å²) in [4.78, 5) is 12.5. The summed E-state index contributed by atoms with van der Waals surface area (Å²) in [6.07, 6.45) is 2.99. The van der Waals surface area contributed by atoms with Crippen molar-refractivity contribution in [3.8, 4) is 6.07 Å². The molecule has 19 heavy (non-hydrogen) atoms. The Labute approximate surface area is 116 Å². The lowest BCUT2D eigenvalue weighted by Gasteiger charge is -2.10. The van der Waals surface area contributed by atoms with E-state index >= 15 is 0 Å². The molecule has 102 valence electrons. The molecule has 0 saturated heterocycles. The number of nitrogen functional groups attached to an aromatic ring is 1. The minimum Gasteiger partial charge on any atom is -0.396 e. The van der Waals surface area contributed by atoms with Gasteiger partial charge >= 0.3 is 0 Å². The zero-order valence-corrected chi connectivity index (χ0v) is 11.9. The summed E-state index contributed by atoms with van der Waals surface area (Å²) in [6, 6.07) is 2.60. The Kier molecular flexibility index (Phi) is 3.96. The van der Waals surface area contributed by atoms with Crippen molar-refractivity contribution in [2.75, 3.05) is 11.1 Å². The van der Waals surface area contributed by atoms with E-state index in [1.54, 1.807) is 0 Å². The van der Waals surface area contributed by atoms with Crippen LogP contribution in [0.25, 0.3) is 0 Å². The highest BCUT2D eigenvalue weighted by Crippen LogP contribution is 2.36. The first-order valence-electron chi connectivity index (χ1n) is 6.46. The summed E-state index contributed by atoms with van der Waals surface area (Å²) in [7, 11) is 0. The Bertz CT molecular complexity index is 527. The molecule has 6 heteroatoms. The van der Waals surface area contributed by atoms with Crippen LogP contribution in [-0.2, 0) is 0 Å². The smallest absolute Gasteiger partial charge is 0.263 e. The number of amides is 1. The number of nitriles is 1. The van der Waals surface area contributed by atoms with Crippen LogP contribution in [0.4, 0.5) is 10.7 Å². The monoisotopic (exact) mass is 278 g/mol. The normalized spacial score (nSPS) is 15.6. The van der Waals surface area contributed by atoms with Gasteiger partial charge in [0.15, 0.2) is 0 Å². The first kappa shape index (κ1) is 13.7. The van der Waals surface area contributed by atoms with Crippen LogP contribution in [-0.4, -0.2) is 18.0 Å². The van der Waals surface area contributed by atoms with E-state index in [4.69, 9.17) is 5.73 Å². The second kappa shape index (κ2) is 5.49. The van der Waals surface area contributed by atoms with E-state index in [2.05, 4.69) is 23.6 Å². The van der Waals surface area contributed by atoms with Gasteiger partial charge in [-0.25, -0.2) is 0 Å². The number of nitrogens with two attached hydrogens (primary N) is 1. The number of carbonyl (C=O) groups excluding carboxylic acids is 1. The van der Waals surface area contributed by atoms with Crippen LogP contribution in [0.15, 0.2) is 0 Å². The van der Waals surface area contributed by atoms with Gasteiger partial charge < -0.3 is 16.4 Å². The molecule has 1 aliphatic rings. The second-order valence-corrected chi connectivity index (χ2v) is 5.88. The van der Waals surface area contributed by atoms with Gasteiger partial charge in [-0.2, -0.15) is 5.26 Å². The first-order chi connectivity index (χ1) is 9.06. The number of hydrogen-bond donors (Lipinski definition) is 3. The average molecular weight is 278 g/mol. The molecule has 5 nitrogen and oxygen atoms in total. The summed E-state index contributed by atoms with van der Waals surface area (Å²) in [6.45, 7) is 4.09. The van der Waals surface area contributed by atoms with Gasteiger partial charge in [0, 0.05) is 12.1 Å². The zero-order valence-electron chi connectivity index (χ0n) is 11.1. The first-order valence-corrected chi connectivity index (χ1v) is 7.28. The predicted molar refractivity (Wildman–Crippen MR) is 77.3 cm³/mol. The molecular formula is C13H18N4OS. The topological polar surface area (TPSA) is 90.9 Å². The van der Waals surface area contributed by atoms with Gasteiger partial charge in [0.25, 0.3) is 5.91 Å². The highest BCUT2D eigenvalue weighted by atomic mass is 32.1. The van der Waals surface area contributed by atoms with Gasteiger partial charge in [0.05, 0.1) is 5.69 Å². The van der Waals surface area contributed by atoms with Gasteiger partial charge in [-0.05, 0) is 26.2 Å². The maximum atomic E-state index is 12.0. The van der Waals surface area contributed by atoms with Gasteiger partial charge in [-0.15, -0.1) is 11.3 Å². The molecule has 2 rings (SSSR count). The number of carbonyl (C=O) groups is 1. The van der Waals surface area contributed by atoms with Crippen LogP contribution in [0, 0.1) is 11.3 Å². The molecule has 1 amide bonds. The van der Waals surface area contributed by atoms with Crippen LogP contribution in [0.1, 0.15) is 48.3 Å². The Balaban J connectivity index is 2.24. The summed E-state index contributed by atoms with van der Waals surface area (Å²) in [5.74, 6) is -0.168. The summed E-state index contributed by atoms with van der Waals surface area (Å²) >= 11 is 1.26. The molecule has 1 heterocycles. The van der Waals surface area contributed by atoms with E-state index in [1.165, 1.54) is 11.3 Å². The summed E-state index contributed by atoms with van der Waals surface area (Å²) in [5, 5.41) is 16.0. The molecule has 1 aromatic rings. The Morgan fingerprint density at radius 3 is 2.84 bits per heavy atom. The number of hydrogen-bond acceptors (Lipinski definition) is 5.